The van der Waals surface area contributed by atoms with Crippen LogP contribution in [0.2, 0.25) is 0 Å². The second kappa shape index (κ2) is 4.21. The van der Waals surface area contributed by atoms with E-state index in [1.165, 1.54) is 10.8 Å². The summed E-state index contributed by atoms with van der Waals surface area (Å²) < 4.78 is 5.85. The van der Waals surface area contributed by atoms with Gasteiger partial charge in [0.1, 0.15) is 5.52 Å². The SMILES string of the molecule is c1ccc2oc(-c3ccc4c(c3)[nH]c3ccccc34)nc2c1. The molecule has 0 saturated carbocycles. The summed E-state index contributed by atoms with van der Waals surface area (Å²) in [6.07, 6.45) is 0. The maximum Gasteiger partial charge on any atom is 0.227 e. The Balaban J connectivity index is 1.75. The minimum Gasteiger partial charge on any atom is -0.436 e. The van der Waals surface area contributed by atoms with E-state index in [1.807, 2.05) is 30.3 Å². The Labute approximate surface area is 126 Å². The van der Waals surface area contributed by atoms with Crippen molar-refractivity contribution < 1.29 is 4.42 Å². The van der Waals surface area contributed by atoms with Gasteiger partial charge in [-0.25, -0.2) is 4.98 Å². The molecule has 3 heteroatoms. The van der Waals surface area contributed by atoms with Crippen molar-refractivity contribution in [3.63, 3.8) is 0 Å². The van der Waals surface area contributed by atoms with Crippen molar-refractivity contribution in [2.45, 2.75) is 0 Å². The molecule has 0 atom stereocenters. The smallest absolute Gasteiger partial charge is 0.227 e. The first-order valence-corrected chi connectivity index (χ1v) is 7.25. The van der Waals surface area contributed by atoms with Gasteiger partial charge in [0.2, 0.25) is 5.89 Å². The monoisotopic (exact) mass is 284 g/mol. The fourth-order valence-electron chi connectivity index (χ4n) is 2.98. The average Bonchev–Trinajstić information content (AvgIpc) is 3.15. The molecule has 5 rings (SSSR count). The second-order valence-corrected chi connectivity index (χ2v) is 5.42. The maximum atomic E-state index is 5.85. The summed E-state index contributed by atoms with van der Waals surface area (Å²) in [5.41, 5.74) is 4.92. The number of para-hydroxylation sites is 3. The minimum atomic E-state index is 0.654. The Kier molecular flexibility index (Phi) is 2.22. The predicted molar refractivity (Wildman–Crippen MR) is 88.8 cm³/mol. The first-order chi connectivity index (χ1) is 10.9. The molecule has 5 aromatic rings. The van der Waals surface area contributed by atoms with Gasteiger partial charge in [0.05, 0.1) is 0 Å². The van der Waals surface area contributed by atoms with Gasteiger partial charge in [-0.3, -0.25) is 0 Å². The molecule has 22 heavy (non-hydrogen) atoms. The number of aromatic nitrogens is 2. The lowest BCUT2D eigenvalue weighted by Crippen LogP contribution is -1.77. The highest BCUT2D eigenvalue weighted by molar-refractivity contribution is 6.08. The molecule has 0 bridgehead atoms. The van der Waals surface area contributed by atoms with Crippen LogP contribution in [0.3, 0.4) is 0 Å². The Hall–Kier alpha value is -3.07. The number of nitrogens with zero attached hydrogens (tertiary/aromatic N) is 1. The molecule has 0 saturated heterocycles. The van der Waals surface area contributed by atoms with Crippen molar-refractivity contribution in [2.75, 3.05) is 0 Å². The molecule has 104 valence electrons. The zero-order chi connectivity index (χ0) is 14.5. The highest BCUT2D eigenvalue weighted by Crippen LogP contribution is 2.30. The average molecular weight is 284 g/mol. The highest BCUT2D eigenvalue weighted by atomic mass is 16.3. The molecule has 0 unspecified atom stereocenters. The Morgan fingerprint density at radius 3 is 2.55 bits per heavy atom. The van der Waals surface area contributed by atoms with Crippen LogP contribution in [0.15, 0.2) is 71.1 Å². The summed E-state index contributed by atoms with van der Waals surface area (Å²) in [6.45, 7) is 0. The van der Waals surface area contributed by atoms with Crippen LogP contribution in [-0.2, 0) is 0 Å². The summed E-state index contributed by atoms with van der Waals surface area (Å²) in [4.78, 5) is 8.02. The molecule has 0 aliphatic rings. The number of hydrogen-bond donors (Lipinski definition) is 1. The topological polar surface area (TPSA) is 41.8 Å². The standard InChI is InChI=1S/C19H12N2O/c1-2-6-15-13(5-1)14-10-9-12(11-17(14)20-15)19-21-16-7-3-4-8-18(16)22-19/h1-11,20H. The van der Waals surface area contributed by atoms with Crippen molar-refractivity contribution in [3.8, 4) is 11.5 Å². The highest BCUT2D eigenvalue weighted by Gasteiger charge is 2.10. The number of fused-ring (bicyclic) bond motifs is 4. The number of aromatic amines is 1. The van der Waals surface area contributed by atoms with Crippen molar-refractivity contribution in [1.29, 1.82) is 0 Å². The molecular formula is C19H12N2O. The molecule has 2 heterocycles. The summed E-state index contributed by atoms with van der Waals surface area (Å²) >= 11 is 0. The van der Waals surface area contributed by atoms with Gasteiger partial charge >= 0.3 is 0 Å². The van der Waals surface area contributed by atoms with Crippen LogP contribution < -0.4 is 0 Å². The van der Waals surface area contributed by atoms with Gasteiger partial charge < -0.3 is 9.40 Å². The molecule has 3 nitrogen and oxygen atoms in total. The number of benzene rings is 3. The second-order valence-electron chi connectivity index (χ2n) is 5.42. The minimum absolute atomic E-state index is 0.654. The molecule has 2 aromatic heterocycles. The van der Waals surface area contributed by atoms with Crippen LogP contribution in [0.25, 0.3) is 44.4 Å². The lowest BCUT2D eigenvalue weighted by atomic mass is 10.1. The molecule has 0 amide bonds. The molecule has 0 aliphatic heterocycles. The summed E-state index contributed by atoms with van der Waals surface area (Å²) in [6, 6.07) is 22.4. The first kappa shape index (κ1) is 11.6. The molecule has 3 aromatic carbocycles. The van der Waals surface area contributed by atoms with E-state index in [0.717, 1.165) is 27.7 Å². The fourth-order valence-corrected chi connectivity index (χ4v) is 2.98. The maximum absolute atomic E-state index is 5.85. The van der Waals surface area contributed by atoms with Crippen molar-refractivity contribution in [2.24, 2.45) is 0 Å². The van der Waals surface area contributed by atoms with Crippen LogP contribution in [0, 0.1) is 0 Å². The number of H-pyrrole nitrogens is 1. The third-order valence-corrected chi connectivity index (χ3v) is 4.05. The van der Waals surface area contributed by atoms with Gasteiger partial charge in [-0.05, 0) is 30.3 Å². The summed E-state index contributed by atoms with van der Waals surface area (Å²) in [5.74, 6) is 0.654. The summed E-state index contributed by atoms with van der Waals surface area (Å²) in [5, 5.41) is 2.46. The van der Waals surface area contributed by atoms with Gasteiger partial charge in [-0.1, -0.05) is 36.4 Å². The molecule has 0 fully saturated rings. The zero-order valence-electron chi connectivity index (χ0n) is 11.7. The van der Waals surface area contributed by atoms with Crippen LogP contribution in [0.1, 0.15) is 0 Å². The Bertz CT molecular complexity index is 1100. The van der Waals surface area contributed by atoms with Gasteiger partial charge in [-0.2, -0.15) is 0 Å². The fraction of sp³-hybridized carbons (Fsp3) is 0. The third-order valence-electron chi connectivity index (χ3n) is 4.05. The van der Waals surface area contributed by atoms with E-state index in [-0.39, 0.29) is 0 Å². The van der Waals surface area contributed by atoms with Crippen molar-refractivity contribution in [1.82, 2.24) is 9.97 Å². The number of rotatable bonds is 1. The van der Waals surface area contributed by atoms with Crippen LogP contribution in [0.4, 0.5) is 0 Å². The van der Waals surface area contributed by atoms with Gasteiger partial charge in [-0.15, -0.1) is 0 Å². The van der Waals surface area contributed by atoms with Crippen LogP contribution in [-0.4, -0.2) is 9.97 Å². The van der Waals surface area contributed by atoms with Gasteiger partial charge in [0.25, 0.3) is 0 Å². The predicted octanol–water partition coefficient (Wildman–Crippen LogP) is 5.13. The number of hydrogen-bond acceptors (Lipinski definition) is 2. The van der Waals surface area contributed by atoms with E-state index >= 15 is 0 Å². The quantitative estimate of drug-likeness (QED) is 0.463. The lowest BCUT2D eigenvalue weighted by molar-refractivity contribution is 0.620. The lowest BCUT2D eigenvalue weighted by Gasteiger charge is -1.96. The molecule has 0 aliphatic carbocycles. The zero-order valence-corrected chi connectivity index (χ0v) is 11.7. The Morgan fingerprint density at radius 2 is 1.59 bits per heavy atom. The van der Waals surface area contributed by atoms with Crippen molar-refractivity contribution >= 4 is 32.9 Å². The van der Waals surface area contributed by atoms with E-state index in [9.17, 15) is 0 Å². The van der Waals surface area contributed by atoms with E-state index in [1.54, 1.807) is 0 Å². The molecule has 1 N–H and O–H groups in total. The van der Waals surface area contributed by atoms with E-state index in [2.05, 4.69) is 46.4 Å². The summed E-state index contributed by atoms with van der Waals surface area (Å²) in [7, 11) is 0. The normalized spacial score (nSPS) is 11.6. The van der Waals surface area contributed by atoms with Crippen LogP contribution >= 0.6 is 0 Å². The molecule has 0 radical (unpaired) electrons. The van der Waals surface area contributed by atoms with Crippen molar-refractivity contribution in [3.05, 3.63) is 66.7 Å². The Morgan fingerprint density at radius 1 is 0.773 bits per heavy atom. The largest absolute Gasteiger partial charge is 0.436 e. The molecular weight excluding hydrogens is 272 g/mol. The van der Waals surface area contributed by atoms with E-state index < -0.39 is 0 Å². The first-order valence-electron chi connectivity index (χ1n) is 7.25. The van der Waals surface area contributed by atoms with Crippen LogP contribution in [0.5, 0.6) is 0 Å². The third kappa shape index (κ3) is 1.59. The molecule has 0 spiro atoms. The van der Waals surface area contributed by atoms with E-state index in [0.29, 0.717) is 5.89 Å². The number of nitrogens with one attached hydrogen (secondary N) is 1. The van der Waals surface area contributed by atoms with Gasteiger partial charge in [0.15, 0.2) is 5.58 Å². The van der Waals surface area contributed by atoms with E-state index in [4.69, 9.17) is 4.42 Å². The van der Waals surface area contributed by atoms with Gasteiger partial charge in [0, 0.05) is 27.4 Å². The number of oxazole rings is 1.